The Morgan fingerprint density at radius 3 is 2.30 bits per heavy atom. The fraction of sp³-hybridized carbons (Fsp3) is 0.625. The quantitative estimate of drug-likeness (QED) is 0.698. The molecule has 0 aromatic heterocycles. The van der Waals surface area contributed by atoms with Crippen molar-refractivity contribution in [3.05, 3.63) is 29.8 Å². The second-order valence-corrected chi connectivity index (χ2v) is 9.37. The van der Waals surface area contributed by atoms with Crippen LogP contribution in [0.25, 0.3) is 0 Å². The summed E-state index contributed by atoms with van der Waals surface area (Å²) in [5.74, 6) is 1.58. The highest BCUT2D eigenvalue weighted by Gasteiger charge is 2.51. The standard InChI is InChI=1S/C24H32N2O4/c1-3-17-6-4-5-7-20(17)25-21(27)13-26(2)22(28)14-30-24(29)23-18-9-15-8-16(11-18)12-19(23)10-15/h4-7,15-16,18-19,23H,3,8-14H2,1-2H3,(H,25,27). The summed E-state index contributed by atoms with van der Waals surface area (Å²) in [6.07, 6.45) is 6.70. The number of ether oxygens (including phenoxy) is 1. The molecule has 4 aliphatic rings. The number of anilines is 1. The molecule has 4 saturated carbocycles. The van der Waals surface area contributed by atoms with E-state index in [0.717, 1.165) is 55.2 Å². The molecular weight excluding hydrogens is 380 g/mol. The van der Waals surface area contributed by atoms with Crippen molar-refractivity contribution in [2.45, 2.75) is 45.4 Å². The molecule has 6 heteroatoms. The Balaban J connectivity index is 1.24. The van der Waals surface area contributed by atoms with Crippen molar-refractivity contribution in [1.29, 1.82) is 0 Å². The van der Waals surface area contributed by atoms with Gasteiger partial charge in [0.1, 0.15) is 0 Å². The van der Waals surface area contributed by atoms with Crippen LogP contribution in [0.1, 0.15) is 44.6 Å². The van der Waals surface area contributed by atoms with E-state index in [1.165, 1.54) is 11.3 Å². The van der Waals surface area contributed by atoms with Crippen LogP contribution < -0.4 is 5.32 Å². The van der Waals surface area contributed by atoms with Crippen LogP contribution >= 0.6 is 0 Å². The van der Waals surface area contributed by atoms with E-state index in [4.69, 9.17) is 4.74 Å². The summed E-state index contributed by atoms with van der Waals surface area (Å²) in [6.45, 7) is 1.65. The number of hydrogen-bond acceptors (Lipinski definition) is 4. The number of amides is 2. The van der Waals surface area contributed by atoms with Gasteiger partial charge in [-0.1, -0.05) is 25.1 Å². The average Bonchev–Trinajstić information content (AvgIpc) is 2.71. The Bertz CT molecular complexity index is 793. The van der Waals surface area contributed by atoms with E-state index in [2.05, 4.69) is 5.32 Å². The van der Waals surface area contributed by atoms with Crippen molar-refractivity contribution in [1.82, 2.24) is 4.90 Å². The monoisotopic (exact) mass is 412 g/mol. The van der Waals surface area contributed by atoms with Gasteiger partial charge in [-0.3, -0.25) is 14.4 Å². The Hall–Kier alpha value is -2.37. The van der Waals surface area contributed by atoms with E-state index >= 15 is 0 Å². The number of rotatable bonds is 7. The van der Waals surface area contributed by atoms with Gasteiger partial charge in [-0.15, -0.1) is 0 Å². The van der Waals surface area contributed by atoms with Gasteiger partial charge in [0.2, 0.25) is 5.91 Å². The fourth-order valence-electron chi connectivity index (χ4n) is 6.09. The lowest BCUT2D eigenvalue weighted by molar-refractivity contribution is -0.166. The second kappa shape index (κ2) is 8.78. The topological polar surface area (TPSA) is 75.7 Å². The molecule has 4 bridgehead atoms. The van der Waals surface area contributed by atoms with Gasteiger partial charge >= 0.3 is 5.97 Å². The van der Waals surface area contributed by atoms with Crippen LogP contribution in [0.3, 0.4) is 0 Å². The molecule has 1 aromatic rings. The zero-order valence-corrected chi connectivity index (χ0v) is 17.9. The molecule has 4 fully saturated rings. The number of nitrogens with one attached hydrogen (secondary N) is 1. The molecule has 2 amide bonds. The van der Waals surface area contributed by atoms with Gasteiger partial charge < -0.3 is 15.0 Å². The number of aryl methyl sites for hydroxylation is 1. The molecule has 4 aliphatic carbocycles. The van der Waals surface area contributed by atoms with Crippen LogP contribution in [0.5, 0.6) is 0 Å². The lowest BCUT2D eigenvalue weighted by Gasteiger charge is -2.53. The Morgan fingerprint density at radius 1 is 1.03 bits per heavy atom. The molecule has 1 aromatic carbocycles. The third kappa shape index (κ3) is 4.37. The largest absolute Gasteiger partial charge is 0.455 e. The summed E-state index contributed by atoms with van der Waals surface area (Å²) < 4.78 is 5.43. The van der Waals surface area contributed by atoms with Crippen LogP contribution in [-0.4, -0.2) is 42.9 Å². The smallest absolute Gasteiger partial charge is 0.310 e. The first kappa shape index (κ1) is 20.9. The SMILES string of the molecule is CCc1ccccc1NC(=O)CN(C)C(=O)COC(=O)C1C2CC3CC(C2)CC1C3. The molecule has 5 rings (SSSR count). The summed E-state index contributed by atoms with van der Waals surface area (Å²) >= 11 is 0. The zero-order chi connectivity index (χ0) is 21.3. The van der Waals surface area contributed by atoms with E-state index in [0.29, 0.717) is 11.8 Å². The van der Waals surface area contributed by atoms with Crippen molar-refractivity contribution in [2.75, 3.05) is 25.5 Å². The molecule has 162 valence electrons. The minimum atomic E-state index is -0.355. The third-order valence-corrected chi connectivity index (χ3v) is 7.32. The summed E-state index contributed by atoms with van der Waals surface area (Å²) in [4.78, 5) is 38.8. The number of esters is 1. The van der Waals surface area contributed by atoms with E-state index in [1.807, 2.05) is 31.2 Å². The highest BCUT2D eigenvalue weighted by molar-refractivity contribution is 5.95. The zero-order valence-electron chi connectivity index (χ0n) is 17.9. The second-order valence-electron chi connectivity index (χ2n) is 9.37. The lowest BCUT2D eigenvalue weighted by atomic mass is 9.52. The Labute approximate surface area is 178 Å². The predicted octanol–water partition coefficient (Wildman–Crippen LogP) is 3.26. The number of carbonyl (C=O) groups is 3. The molecule has 0 unspecified atom stereocenters. The van der Waals surface area contributed by atoms with Crippen molar-refractivity contribution < 1.29 is 19.1 Å². The van der Waals surface area contributed by atoms with Gasteiger partial charge in [-0.05, 0) is 73.8 Å². The van der Waals surface area contributed by atoms with Crippen LogP contribution in [0, 0.1) is 29.6 Å². The first-order valence-electron chi connectivity index (χ1n) is 11.2. The highest BCUT2D eigenvalue weighted by Crippen LogP contribution is 2.56. The molecule has 0 heterocycles. The number of nitrogens with zero attached hydrogens (tertiary/aromatic N) is 1. The Morgan fingerprint density at radius 2 is 1.67 bits per heavy atom. The van der Waals surface area contributed by atoms with Crippen LogP contribution in [0.4, 0.5) is 5.69 Å². The summed E-state index contributed by atoms with van der Waals surface area (Å²) in [5, 5.41) is 2.86. The van der Waals surface area contributed by atoms with E-state index in [9.17, 15) is 14.4 Å². The van der Waals surface area contributed by atoms with Gasteiger partial charge in [0, 0.05) is 12.7 Å². The van der Waals surface area contributed by atoms with E-state index in [1.54, 1.807) is 7.05 Å². The minimum Gasteiger partial charge on any atom is -0.455 e. The predicted molar refractivity (Wildman–Crippen MR) is 114 cm³/mol. The Kier molecular flexibility index (Phi) is 6.11. The summed E-state index contributed by atoms with van der Waals surface area (Å²) in [7, 11) is 1.56. The van der Waals surface area contributed by atoms with Crippen LogP contribution in [0.15, 0.2) is 24.3 Å². The number of para-hydroxylation sites is 1. The molecule has 0 aliphatic heterocycles. The van der Waals surface area contributed by atoms with Crippen molar-refractivity contribution in [3.63, 3.8) is 0 Å². The molecule has 30 heavy (non-hydrogen) atoms. The maximum atomic E-state index is 12.7. The maximum Gasteiger partial charge on any atom is 0.310 e. The fourth-order valence-corrected chi connectivity index (χ4v) is 6.09. The van der Waals surface area contributed by atoms with Gasteiger partial charge in [0.15, 0.2) is 6.61 Å². The molecule has 0 atom stereocenters. The molecule has 0 radical (unpaired) electrons. The third-order valence-electron chi connectivity index (χ3n) is 7.32. The van der Waals surface area contributed by atoms with Crippen molar-refractivity contribution in [2.24, 2.45) is 29.6 Å². The lowest BCUT2D eigenvalue weighted by Crippen LogP contribution is -2.49. The van der Waals surface area contributed by atoms with Gasteiger partial charge in [-0.25, -0.2) is 0 Å². The number of benzene rings is 1. The van der Waals surface area contributed by atoms with Crippen LogP contribution in [0.2, 0.25) is 0 Å². The number of carbonyl (C=O) groups excluding carboxylic acids is 3. The highest BCUT2D eigenvalue weighted by atomic mass is 16.5. The van der Waals surface area contributed by atoms with Gasteiger partial charge in [0.05, 0.1) is 12.5 Å². The first-order chi connectivity index (χ1) is 14.4. The molecule has 6 nitrogen and oxygen atoms in total. The minimum absolute atomic E-state index is 0.0373. The normalized spacial score (nSPS) is 28.8. The van der Waals surface area contributed by atoms with E-state index < -0.39 is 0 Å². The molecule has 0 saturated heterocycles. The molecular formula is C24H32N2O4. The number of hydrogen-bond donors (Lipinski definition) is 1. The van der Waals surface area contributed by atoms with Gasteiger partial charge in [-0.2, -0.15) is 0 Å². The molecule has 1 N–H and O–H groups in total. The summed E-state index contributed by atoms with van der Waals surface area (Å²) in [6, 6.07) is 7.62. The molecule has 0 spiro atoms. The number of likely N-dealkylation sites (N-methyl/N-ethyl adjacent to an activating group) is 1. The van der Waals surface area contributed by atoms with E-state index in [-0.39, 0.29) is 36.9 Å². The van der Waals surface area contributed by atoms with Gasteiger partial charge in [0.25, 0.3) is 5.91 Å². The average molecular weight is 413 g/mol. The van der Waals surface area contributed by atoms with Crippen molar-refractivity contribution in [3.8, 4) is 0 Å². The summed E-state index contributed by atoms with van der Waals surface area (Å²) in [5.41, 5.74) is 1.81. The van der Waals surface area contributed by atoms with Crippen LogP contribution in [-0.2, 0) is 25.5 Å². The van der Waals surface area contributed by atoms with Crippen molar-refractivity contribution >= 4 is 23.5 Å². The maximum absolute atomic E-state index is 12.7. The first-order valence-corrected chi connectivity index (χ1v) is 11.2.